The summed E-state index contributed by atoms with van der Waals surface area (Å²) in [4.78, 5) is 1.37. The Bertz CT molecular complexity index is 400. The number of hydrogen-bond donors (Lipinski definition) is 1. The maximum Gasteiger partial charge on any atom is 0.122 e. The highest BCUT2D eigenvalue weighted by molar-refractivity contribution is 7.98. The van der Waals surface area contributed by atoms with E-state index in [4.69, 9.17) is 4.74 Å². The Hall–Kier alpha value is -0.670. The molecule has 18 heavy (non-hydrogen) atoms. The number of ether oxygens (including phenoxy) is 1. The molecule has 1 aromatic rings. The van der Waals surface area contributed by atoms with Crippen molar-refractivity contribution in [2.24, 2.45) is 5.92 Å². The van der Waals surface area contributed by atoms with Crippen LogP contribution in [0.4, 0.5) is 0 Å². The zero-order valence-corrected chi connectivity index (χ0v) is 12.4. The van der Waals surface area contributed by atoms with Crippen molar-refractivity contribution in [2.45, 2.75) is 31.1 Å². The van der Waals surface area contributed by atoms with E-state index in [0.717, 1.165) is 24.6 Å². The molecule has 1 unspecified atom stereocenters. The summed E-state index contributed by atoms with van der Waals surface area (Å²) in [6, 6.07) is 4.49. The third-order valence-electron chi connectivity index (χ3n) is 3.71. The van der Waals surface area contributed by atoms with Crippen LogP contribution >= 0.6 is 11.8 Å². The van der Waals surface area contributed by atoms with Crippen LogP contribution in [0, 0.1) is 12.8 Å². The molecular formula is C15H23NOS. The predicted molar refractivity (Wildman–Crippen MR) is 78.8 cm³/mol. The summed E-state index contributed by atoms with van der Waals surface area (Å²) in [5.41, 5.74) is 2.67. The molecule has 1 aliphatic rings. The van der Waals surface area contributed by atoms with Gasteiger partial charge in [0.25, 0.3) is 0 Å². The van der Waals surface area contributed by atoms with Gasteiger partial charge in [0.05, 0.1) is 7.11 Å². The lowest BCUT2D eigenvalue weighted by Gasteiger charge is -2.24. The van der Waals surface area contributed by atoms with Crippen LogP contribution in [0.1, 0.15) is 24.0 Å². The summed E-state index contributed by atoms with van der Waals surface area (Å²) in [7, 11) is 1.77. The van der Waals surface area contributed by atoms with Crippen molar-refractivity contribution < 1.29 is 4.74 Å². The van der Waals surface area contributed by atoms with E-state index in [9.17, 15) is 0 Å². The number of hydrogen-bond acceptors (Lipinski definition) is 3. The number of piperidine rings is 1. The second-order valence-electron chi connectivity index (χ2n) is 5.05. The van der Waals surface area contributed by atoms with Crippen LogP contribution in [0.2, 0.25) is 0 Å². The minimum absolute atomic E-state index is 0.755. The van der Waals surface area contributed by atoms with Crippen molar-refractivity contribution in [1.82, 2.24) is 5.32 Å². The molecule has 1 saturated heterocycles. The Balaban J connectivity index is 2.18. The first-order valence-corrected chi connectivity index (χ1v) is 7.89. The van der Waals surface area contributed by atoms with Gasteiger partial charge in [-0.25, -0.2) is 0 Å². The Labute approximate surface area is 114 Å². The van der Waals surface area contributed by atoms with Gasteiger partial charge in [0.2, 0.25) is 0 Å². The van der Waals surface area contributed by atoms with Crippen molar-refractivity contribution >= 4 is 11.8 Å². The van der Waals surface area contributed by atoms with Crippen molar-refractivity contribution in [3.63, 3.8) is 0 Å². The van der Waals surface area contributed by atoms with Gasteiger partial charge >= 0.3 is 0 Å². The lowest BCUT2D eigenvalue weighted by atomic mass is 9.91. The fourth-order valence-electron chi connectivity index (χ4n) is 2.68. The summed E-state index contributed by atoms with van der Waals surface area (Å²) in [5, 5.41) is 3.49. The van der Waals surface area contributed by atoms with E-state index in [2.05, 4.69) is 30.6 Å². The quantitative estimate of drug-likeness (QED) is 0.844. The lowest BCUT2D eigenvalue weighted by molar-refractivity contribution is 0.363. The Morgan fingerprint density at radius 1 is 1.44 bits per heavy atom. The molecule has 1 heterocycles. The zero-order chi connectivity index (χ0) is 13.0. The molecule has 0 aliphatic carbocycles. The number of methoxy groups -OCH3 is 1. The van der Waals surface area contributed by atoms with Gasteiger partial charge in [0, 0.05) is 4.90 Å². The lowest BCUT2D eigenvalue weighted by Crippen LogP contribution is -2.30. The molecule has 100 valence electrons. The molecule has 0 aromatic heterocycles. The van der Waals surface area contributed by atoms with E-state index in [-0.39, 0.29) is 0 Å². The van der Waals surface area contributed by atoms with E-state index in [1.54, 1.807) is 7.11 Å². The van der Waals surface area contributed by atoms with Gasteiger partial charge in [-0.15, -0.1) is 11.8 Å². The summed E-state index contributed by atoms with van der Waals surface area (Å²) in [6.07, 6.45) is 5.90. The first-order valence-electron chi connectivity index (χ1n) is 6.66. The van der Waals surface area contributed by atoms with E-state index < -0.39 is 0 Å². The minimum Gasteiger partial charge on any atom is -0.496 e. The summed E-state index contributed by atoms with van der Waals surface area (Å²) >= 11 is 1.82. The minimum atomic E-state index is 0.755. The van der Waals surface area contributed by atoms with Crippen molar-refractivity contribution in [2.75, 3.05) is 26.5 Å². The zero-order valence-electron chi connectivity index (χ0n) is 11.6. The van der Waals surface area contributed by atoms with Crippen LogP contribution in [0.25, 0.3) is 0 Å². The highest BCUT2D eigenvalue weighted by atomic mass is 32.2. The summed E-state index contributed by atoms with van der Waals surface area (Å²) in [6.45, 7) is 4.48. The van der Waals surface area contributed by atoms with Crippen molar-refractivity contribution in [3.8, 4) is 5.75 Å². The molecule has 0 radical (unpaired) electrons. The van der Waals surface area contributed by atoms with Crippen LogP contribution in [0.3, 0.4) is 0 Å². The van der Waals surface area contributed by atoms with Crippen LogP contribution in [-0.4, -0.2) is 26.5 Å². The molecule has 0 amide bonds. The average Bonchev–Trinajstić information content (AvgIpc) is 2.41. The van der Waals surface area contributed by atoms with Gasteiger partial charge < -0.3 is 10.1 Å². The van der Waals surface area contributed by atoms with Crippen molar-refractivity contribution in [1.29, 1.82) is 0 Å². The number of benzene rings is 1. The van der Waals surface area contributed by atoms with Gasteiger partial charge in [-0.2, -0.15) is 0 Å². The van der Waals surface area contributed by atoms with Crippen LogP contribution in [0.5, 0.6) is 5.75 Å². The van der Waals surface area contributed by atoms with Gasteiger partial charge in [0.15, 0.2) is 0 Å². The van der Waals surface area contributed by atoms with Gasteiger partial charge in [-0.1, -0.05) is 0 Å². The van der Waals surface area contributed by atoms with E-state index >= 15 is 0 Å². The molecule has 1 N–H and O–H groups in total. The maximum atomic E-state index is 5.54. The third kappa shape index (κ3) is 3.21. The Morgan fingerprint density at radius 2 is 2.28 bits per heavy atom. The summed E-state index contributed by atoms with van der Waals surface area (Å²) in [5.74, 6) is 1.81. The largest absolute Gasteiger partial charge is 0.496 e. The molecule has 2 nitrogen and oxygen atoms in total. The highest BCUT2D eigenvalue weighted by Gasteiger charge is 2.16. The second-order valence-corrected chi connectivity index (χ2v) is 5.90. The molecular weight excluding hydrogens is 242 g/mol. The Kier molecular flexibility index (Phi) is 4.95. The normalized spacial score (nSPS) is 19.8. The average molecular weight is 265 g/mol. The van der Waals surface area contributed by atoms with Crippen LogP contribution in [-0.2, 0) is 6.42 Å². The van der Waals surface area contributed by atoms with Crippen LogP contribution in [0.15, 0.2) is 17.0 Å². The first kappa shape index (κ1) is 13.8. The molecule has 2 rings (SSSR count). The molecule has 0 saturated carbocycles. The molecule has 1 fully saturated rings. The third-order valence-corrected chi connectivity index (χ3v) is 4.59. The smallest absolute Gasteiger partial charge is 0.122 e. The number of nitrogens with one attached hydrogen (secondary N) is 1. The number of thioether (sulfide) groups is 1. The standard InChI is InChI=1S/C15H23NOS/c1-11-7-14(17-2)13(9-15(11)18-3)8-12-5-4-6-16-10-12/h7,9,12,16H,4-6,8,10H2,1-3H3. The molecule has 0 spiro atoms. The molecule has 0 bridgehead atoms. The fraction of sp³-hybridized carbons (Fsp3) is 0.600. The highest BCUT2D eigenvalue weighted by Crippen LogP contribution is 2.31. The van der Waals surface area contributed by atoms with Gasteiger partial charge in [0.1, 0.15) is 5.75 Å². The Morgan fingerprint density at radius 3 is 2.89 bits per heavy atom. The molecule has 3 heteroatoms. The fourth-order valence-corrected chi connectivity index (χ4v) is 3.32. The second kappa shape index (κ2) is 6.48. The summed E-state index contributed by atoms with van der Waals surface area (Å²) < 4.78 is 5.54. The molecule has 1 atom stereocenters. The molecule has 1 aliphatic heterocycles. The van der Waals surface area contributed by atoms with E-state index in [1.165, 1.54) is 35.4 Å². The van der Waals surface area contributed by atoms with E-state index in [0.29, 0.717) is 0 Å². The van der Waals surface area contributed by atoms with E-state index in [1.807, 2.05) is 11.8 Å². The molecule has 1 aromatic carbocycles. The van der Waals surface area contributed by atoms with Gasteiger partial charge in [-0.3, -0.25) is 0 Å². The van der Waals surface area contributed by atoms with Crippen LogP contribution < -0.4 is 10.1 Å². The monoisotopic (exact) mass is 265 g/mol. The SMILES string of the molecule is COc1cc(C)c(SC)cc1CC1CCCNC1. The van der Waals surface area contributed by atoms with Gasteiger partial charge in [-0.05, 0) is 74.7 Å². The predicted octanol–water partition coefficient (Wildman–Crippen LogP) is 3.27. The van der Waals surface area contributed by atoms with Crippen molar-refractivity contribution in [3.05, 3.63) is 23.3 Å². The number of aryl methyl sites for hydroxylation is 1. The topological polar surface area (TPSA) is 21.3 Å². The number of rotatable bonds is 4. The maximum absolute atomic E-state index is 5.54. The first-order chi connectivity index (χ1) is 8.74.